The lowest BCUT2D eigenvalue weighted by atomic mass is 10.1. The number of nitrogens with one attached hydrogen (secondary N) is 1. The number of benzene rings is 1. The van der Waals surface area contributed by atoms with E-state index in [0.29, 0.717) is 12.2 Å². The third kappa shape index (κ3) is 3.73. The number of carbonyl (C=O) groups is 2. The Kier molecular flexibility index (Phi) is 4.61. The van der Waals surface area contributed by atoms with Crippen molar-refractivity contribution in [2.45, 2.75) is 25.7 Å². The summed E-state index contributed by atoms with van der Waals surface area (Å²) in [5, 5.41) is 11.9. The number of rotatable bonds is 6. The number of hydrogen-bond donors (Lipinski definition) is 2. The van der Waals surface area contributed by atoms with Gasteiger partial charge < -0.3 is 10.4 Å². The van der Waals surface area contributed by atoms with E-state index in [-0.39, 0.29) is 11.6 Å². The third-order valence-electron chi connectivity index (χ3n) is 3.56. The van der Waals surface area contributed by atoms with Crippen molar-refractivity contribution < 1.29 is 14.7 Å². The molecule has 0 heterocycles. The Morgan fingerprint density at radius 3 is 2.70 bits per heavy atom. The van der Waals surface area contributed by atoms with E-state index in [4.69, 9.17) is 5.11 Å². The van der Waals surface area contributed by atoms with Gasteiger partial charge in [0.2, 0.25) is 0 Å². The second-order valence-electron chi connectivity index (χ2n) is 5.20. The summed E-state index contributed by atoms with van der Waals surface area (Å²) in [7, 11) is 1.58. The van der Waals surface area contributed by atoms with Crippen molar-refractivity contribution in [1.82, 2.24) is 5.32 Å². The first-order chi connectivity index (χ1) is 9.59. The van der Waals surface area contributed by atoms with Crippen LogP contribution in [0.3, 0.4) is 0 Å². The number of amides is 2. The van der Waals surface area contributed by atoms with E-state index < -0.39 is 5.97 Å². The van der Waals surface area contributed by atoms with Gasteiger partial charge in [-0.3, -0.25) is 4.90 Å². The molecule has 0 aromatic heterocycles. The van der Waals surface area contributed by atoms with Crippen LogP contribution in [-0.4, -0.2) is 30.7 Å². The summed E-state index contributed by atoms with van der Waals surface area (Å²) in [6, 6.07) is 6.23. The van der Waals surface area contributed by atoms with E-state index >= 15 is 0 Å². The molecule has 1 aliphatic rings. The van der Waals surface area contributed by atoms with Crippen LogP contribution in [0.5, 0.6) is 0 Å². The Hall–Kier alpha value is -2.04. The summed E-state index contributed by atoms with van der Waals surface area (Å²) in [5.41, 5.74) is 0.530. The Morgan fingerprint density at radius 1 is 1.35 bits per heavy atom. The fourth-order valence-electron chi connectivity index (χ4n) is 2.17. The molecule has 5 nitrogen and oxygen atoms in total. The van der Waals surface area contributed by atoms with Crippen LogP contribution in [0.2, 0.25) is 0 Å². The molecule has 2 rings (SSSR count). The van der Waals surface area contributed by atoms with Gasteiger partial charge >= 0.3 is 12.0 Å². The zero-order valence-corrected chi connectivity index (χ0v) is 11.6. The van der Waals surface area contributed by atoms with Gasteiger partial charge in [0.25, 0.3) is 0 Å². The van der Waals surface area contributed by atoms with Crippen LogP contribution in [0.25, 0.3) is 0 Å². The molecule has 1 saturated carbocycles. The number of anilines is 1. The summed E-state index contributed by atoms with van der Waals surface area (Å²) in [5.74, 6) is -0.175. The Labute approximate surface area is 118 Å². The van der Waals surface area contributed by atoms with Gasteiger partial charge in [-0.2, -0.15) is 0 Å². The number of para-hydroxylation sites is 1. The van der Waals surface area contributed by atoms with Crippen molar-refractivity contribution in [2.24, 2.45) is 5.92 Å². The lowest BCUT2D eigenvalue weighted by Gasteiger charge is -2.19. The minimum Gasteiger partial charge on any atom is -0.478 e. The maximum Gasteiger partial charge on any atom is 0.337 e. The van der Waals surface area contributed by atoms with Crippen LogP contribution < -0.4 is 10.2 Å². The van der Waals surface area contributed by atoms with Crippen molar-refractivity contribution in [1.29, 1.82) is 0 Å². The van der Waals surface area contributed by atoms with E-state index in [2.05, 4.69) is 5.32 Å². The van der Waals surface area contributed by atoms with Crippen LogP contribution in [0.1, 0.15) is 36.0 Å². The van der Waals surface area contributed by atoms with Crippen molar-refractivity contribution in [3.8, 4) is 0 Å². The SMILES string of the molecule is CN(C(=O)NCCCC1CC1)c1ccccc1C(=O)O. The molecule has 0 saturated heterocycles. The fourth-order valence-corrected chi connectivity index (χ4v) is 2.17. The zero-order chi connectivity index (χ0) is 14.5. The van der Waals surface area contributed by atoms with E-state index in [1.807, 2.05) is 0 Å². The molecular formula is C15H20N2O3. The first-order valence-corrected chi connectivity index (χ1v) is 6.93. The Bertz CT molecular complexity index is 498. The number of hydrogen-bond acceptors (Lipinski definition) is 2. The molecule has 1 aromatic carbocycles. The summed E-state index contributed by atoms with van der Waals surface area (Å²) in [4.78, 5) is 24.5. The molecule has 0 aliphatic heterocycles. The highest BCUT2D eigenvalue weighted by Crippen LogP contribution is 2.33. The van der Waals surface area contributed by atoms with Crippen LogP contribution in [0.4, 0.5) is 10.5 Å². The zero-order valence-electron chi connectivity index (χ0n) is 11.6. The molecule has 108 valence electrons. The van der Waals surface area contributed by atoms with Gasteiger partial charge in [-0.15, -0.1) is 0 Å². The largest absolute Gasteiger partial charge is 0.478 e. The quantitative estimate of drug-likeness (QED) is 0.785. The molecule has 0 radical (unpaired) electrons. The van der Waals surface area contributed by atoms with Gasteiger partial charge in [0, 0.05) is 13.6 Å². The minimum absolute atomic E-state index is 0.128. The Morgan fingerprint density at radius 2 is 2.05 bits per heavy atom. The second-order valence-corrected chi connectivity index (χ2v) is 5.20. The lowest BCUT2D eigenvalue weighted by Crippen LogP contribution is -2.38. The predicted molar refractivity (Wildman–Crippen MR) is 77.2 cm³/mol. The molecule has 0 spiro atoms. The molecule has 0 unspecified atom stereocenters. The molecule has 0 atom stereocenters. The number of carbonyl (C=O) groups excluding carboxylic acids is 1. The summed E-state index contributed by atoms with van der Waals surface area (Å²) < 4.78 is 0. The van der Waals surface area contributed by atoms with Gasteiger partial charge in [-0.25, -0.2) is 9.59 Å². The van der Waals surface area contributed by atoms with Crippen molar-refractivity contribution in [3.63, 3.8) is 0 Å². The Balaban J connectivity index is 1.90. The molecule has 0 bridgehead atoms. The summed E-state index contributed by atoms with van der Waals surface area (Å²) in [6.45, 7) is 0.634. The molecule has 5 heteroatoms. The molecule has 1 fully saturated rings. The molecule has 2 N–H and O–H groups in total. The second kappa shape index (κ2) is 6.41. The van der Waals surface area contributed by atoms with Gasteiger partial charge in [0.05, 0.1) is 11.3 Å². The smallest absolute Gasteiger partial charge is 0.337 e. The van der Waals surface area contributed by atoms with E-state index in [1.165, 1.54) is 23.8 Å². The van der Waals surface area contributed by atoms with Crippen LogP contribution in [-0.2, 0) is 0 Å². The van der Waals surface area contributed by atoms with E-state index in [1.54, 1.807) is 25.2 Å². The maximum absolute atomic E-state index is 12.0. The van der Waals surface area contributed by atoms with Crippen LogP contribution in [0, 0.1) is 5.92 Å². The highest BCUT2D eigenvalue weighted by Gasteiger charge is 2.21. The topological polar surface area (TPSA) is 69.6 Å². The maximum atomic E-state index is 12.0. The number of aromatic carboxylic acids is 1. The van der Waals surface area contributed by atoms with Gasteiger partial charge in [0.15, 0.2) is 0 Å². The third-order valence-corrected chi connectivity index (χ3v) is 3.56. The molecule has 1 aromatic rings. The van der Waals surface area contributed by atoms with E-state index in [9.17, 15) is 9.59 Å². The molecular weight excluding hydrogens is 256 g/mol. The van der Waals surface area contributed by atoms with E-state index in [0.717, 1.165) is 18.8 Å². The standard InChI is InChI=1S/C15H20N2O3/c1-17(13-7-3-2-6-12(13)14(18)19)15(20)16-10-4-5-11-8-9-11/h2-3,6-7,11H,4-5,8-10H2,1H3,(H,16,20)(H,18,19). The highest BCUT2D eigenvalue weighted by molar-refractivity contribution is 6.01. The van der Waals surface area contributed by atoms with Gasteiger partial charge in [-0.1, -0.05) is 25.0 Å². The van der Waals surface area contributed by atoms with Crippen LogP contribution in [0.15, 0.2) is 24.3 Å². The number of urea groups is 1. The molecule has 20 heavy (non-hydrogen) atoms. The monoisotopic (exact) mass is 276 g/mol. The minimum atomic E-state index is -1.03. The number of carboxylic acid groups (broad SMARTS) is 1. The lowest BCUT2D eigenvalue weighted by molar-refractivity contribution is 0.0697. The number of carboxylic acids is 1. The van der Waals surface area contributed by atoms with Gasteiger partial charge in [0.1, 0.15) is 0 Å². The average molecular weight is 276 g/mol. The first-order valence-electron chi connectivity index (χ1n) is 6.93. The fraction of sp³-hybridized carbons (Fsp3) is 0.467. The summed E-state index contributed by atoms with van der Waals surface area (Å²) >= 11 is 0. The van der Waals surface area contributed by atoms with Crippen molar-refractivity contribution in [3.05, 3.63) is 29.8 Å². The van der Waals surface area contributed by atoms with Crippen LogP contribution >= 0.6 is 0 Å². The first kappa shape index (κ1) is 14.4. The predicted octanol–water partition coefficient (Wildman–Crippen LogP) is 2.72. The molecule has 2 amide bonds. The molecule has 1 aliphatic carbocycles. The average Bonchev–Trinajstić information content (AvgIpc) is 3.26. The highest BCUT2D eigenvalue weighted by atomic mass is 16.4. The van der Waals surface area contributed by atoms with Gasteiger partial charge in [-0.05, 0) is 30.9 Å². The number of nitrogens with zero attached hydrogens (tertiary/aromatic N) is 1. The normalized spacial score (nSPS) is 13.8. The van der Waals surface area contributed by atoms with Crippen molar-refractivity contribution >= 4 is 17.7 Å². The summed E-state index contributed by atoms with van der Waals surface area (Å²) in [6.07, 6.45) is 4.78. The van der Waals surface area contributed by atoms with Crippen molar-refractivity contribution in [2.75, 3.05) is 18.5 Å².